The van der Waals surface area contributed by atoms with Gasteiger partial charge in [0, 0.05) is 18.0 Å². The Kier molecular flexibility index (Phi) is 5.62. The van der Waals surface area contributed by atoms with E-state index < -0.39 is 5.60 Å². The van der Waals surface area contributed by atoms with Crippen molar-refractivity contribution >= 4 is 16.7 Å². The normalized spacial score (nSPS) is 16.9. The molecule has 4 rings (SSSR count). The number of fused-ring (bicyclic) bond motifs is 1. The smallest absolute Gasteiger partial charge is 0.165 e. The third-order valence-electron chi connectivity index (χ3n) is 5.58. The number of rotatable bonds is 6. The van der Waals surface area contributed by atoms with Crippen molar-refractivity contribution in [3.63, 3.8) is 0 Å². The van der Waals surface area contributed by atoms with Gasteiger partial charge in [0.2, 0.25) is 0 Å². The molecule has 1 aliphatic rings. The highest BCUT2D eigenvalue weighted by Gasteiger charge is 2.19. The molecule has 1 aliphatic heterocycles. The molecular weight excluding hydrogens is 376 g/mol. The zero-order valence-electron chi connectivity index (χ0n) is 17.9. The summed E-state index contributed by atoms with van der Waals surface area (Å²) in [6.45, 7) is 7.54. The number of benzene rings is 2. The molecule has 6 nitrogen and oxygen atoms in total. The number of aryl methyl sites for hydroxylation is 2. The van der Waals surface area contributed by atoms with Gasteiger partial charge in [-0.05, 0) is 76.4 Å². The highest BCUT2D eigenvalue weighted by molar-refractivity contribution is 5.91. The van der Waals surface area contributed by atoms with Crippen LogP contribution in [0, 0.1) is 6.92 Å². The van der Waals surface area contributed by atoms with Gasteiger partial charge in [-0.25, -0.2) is 9.97 Å². The van der Waals surface area contributed by atoms with Gasteiger partial charge in [0.25, 0.3) is 0 Å². The van der Waals surface area contributed by atoms with Crippen LogP contribution in [0.25, 0.3) is 22.3 Å². The molecule has 1 fully saturated rings. The van der Waals surface area contributed by atoms with Crippen molar-refractivity contribution in [3.8, 4) is 17.1 Å². The standard InChI is InChI=1S/C24H30N4O2/c1-15-4-7-21(29)19(12-15)23-27-20-13-16(8-10-24(2,3)30)5-6-18(20)22(28-23)26-17-9-11-25-14-17/h4-7,12-13,17,25,29-30H,8-11,14H2,1-3H3,(H,26,27,28)/t17-/m0/s1. The topological polar surface area (TPSA) is 90.3 Å². The molecule has 0 aliphatic carbocycles. The number of hydrogen-bond donors (Lipinski definition) is 4. The van der Waals surface area contributed by atoms with Crippen LogP contribution < -0.4 is 10.6 Å². The number of nitrogens with one attached hydrogen (secondary N) is 2. The molecule has 0 saturated carbocycles. The molecule has 4 N–H and O–H groups in total. The predicted molar refractivity (Wildman–Crippen MR) is 121 cm³/mol. The Morgan fingerprint density at radius 2 is 2.00 bits per heavy atom. The first kappa shape index (κ1) is 20.6. The van der Waals surface area contributed by atoms with Gasteiger partial charge in [-0.15, -0.1) is 0 Å². The first-order chi connectivity index (χ1) is 14.3. The van der Waals surface area contributed by atoms with Crippen molar-refractivity contribution in [1.29, 1.82) is 0 Å². The van der Waals surface area contributed by atoms with E-state index in [2.05, 4.69) is 28.8 Å². The van der Waals surface area contributed by atoms with E-state index in [9.17, 15) is 10.2 Å². The quantitative estimate of drug-likeness (QED) is 0.498. The number of phenols is 1. The average Bonchev–Trinajstić information content (AvgIpc) is 3.20. The second-order valence-corrected chi connectivity index (χ2v) is 8.91. The van der Waals surface area contributed by atoms with Crippen molar-refractivity contribution in [3.05, 3.63) is 47.5 Å². The number of hydrogen-bond acceptors (Lipinski definition) is 6. The number of phenolic OH excluding ortho intramolecular Hbond substituents is 1. The summed E-state index contributed by atoms with van der Waals surface area (Å²) >= 11 is 0. The Balaban J connectivity index is 1.79. The van der Waals surface area contributed by atoms with Crippen molar-refractivity contribution in [2.24, 2.45) is 0 Å². The molecule has 30 heavy (non-hydrogen) atoms. The summed E-state index contributed by atoms with van der Waals surface area (Å²) in [4.78, 5) is 9.60. The van der Waals surface area contributed by atoms with E-state index in [0.29, 0.717) is 23.9 Å². The van der Waals surface area contributed by atoms with Gasteiger partial charge in [-0.3, -0.25) is 0 Å². The summed E-state index contributed by atoms with van der Waals surface area (Å²) < 4.78 is 0. The van der Waals surface area contributed by atoms with E-state index in [-0.39, 0.29) is 5.75 Å². The number of nitrogens with zero attached hydrogens (tertiary/aromatic N) is 2. The van der Waals surface area contributed by atoms with Crippen LogP contribution in [-0.4, -0.2) is 44.9 Å². The van der Waals surface area contributed by atoms with E-state index in [0.717, 1.165) is 53.8 Å². The Bertz CT molecular complexity index is 1050. The Labute approximate surface area is 177 Å². The number of aromatic nitrogens is 2. The predicted octanol–water partition coefficient (Wildman–Crippen LogP) is 3.79. The molecule has 1 saturated heterocycles. The zero-order chi connectivity index (χ0) is 21.3. The summed E-state index contributed by atoms with van der Waals surface area (Å²) in [5.74, 6) is 1.47. The zero-order valence-corrected chi connectivity index (χ0v) is 17.9. The fourth-order valence-corrected chi connectivity index (χ4v) is 3.81. The maximum atomic E-state index is 10.4. The van der Waals surface area contributed by atoms with Crippen molar-refractivity contribution in [2.75, 3.05) is 18.4 Å². The van der Waals surface area contributed by atoms with Gasteiger partial charge in [-0.2, -0.15) is 0 Å². The van der Waals surface area contributed by atoms with Gasteiger partial charge in [-0.1, -0.05) is 17.7 Å². The molecule has 0 amide bonds. The monoisotopic (exact) mass is 406 g/mol. The molecule has 1 atom stereocenters. The van der Waals surface area contributed by atoms with Crippen LogP contribution in [0.3, 0.4) is 0 Å². The average molecular weight is 407 g/mol. The summed E-state index contributed by atoms with van der Waals surface area (Å²) in [6.07, 6.45) is 2.48. The number of aliphatic hydroxyl groups is 1. The maximum absolute atomic E-state index is 10.4. The minimum atomic E-state index is -0.707. The SMILES string of the molecule is Cc1ccc(O)c(-c2nc(N[C@H]3CCNC3)c3ccc(CCC(C)(C)O)cc3n2)c1. The van der Waals surface area contributed by atoms with Crippen LogP contribution in [-0.2, 0) is 6.42 Å². The number of anilines is 1. The van der Waals surface area contributed by atoms with Crippen LogP contribution in [0.15, 0.2) is 36.4 Å². The minimum Gasteiger partial charge on any atom is -0.507 e. The first-order valence-corrected chi connectivity index (χ1v) is 10.6. The molecule has 0 unspecified atom stereocenters. The second-order valence-electron chi connectivity index (χ2n) is 8.91. The Morgan fingerprint density at radius 1 is 1.17 bits per heavy atom. The summed E-state index contributed by atoms with van der Waals surface area (Å²) in [6, 6.07) is 12.0. The first-order valence-electron chi connectivity index (χ1n) is 10.6. The van der Waals surface area contributed by atoms with Crippen LogP contribution in [0.5, 0.6) is 5.75 Å². The molecule has 1 aromatic heterocycles. The van der Waals surface area contributed by atoms with E-state index in [1.807, 2.05) is 32.9 Å². The Morgan fingerprint density at radius 3 is 2.73 bits per heavy atom. The fourth-order valence-electron chi connectivity index (χ4n) is 3.81. The fraction of sp³-hybridized carbons (Fsp3) is 0.417. The Hall–Kier alpha value is -2.70. The highest BCUT2D eigenvalue weighted by atomic mass is 16.3. The van der Waals surface area contributed by atoms with Crippen molar-refractivity contribution in [2.45, 2.75) is 51.7 Å². The van der Waals surface area contributed by atoms with Crippen molar-refractivity contribution < 1.29 is 10.2 Å². The van der Waals surface area contributed by atoms with Crippen molar-refractivity contribution in [1.82, 2.24) is 15.3 Å². The highest BCUT2D eigenvalue weighted by Crippen LogP contribution is 2.32. The summed E-state index contributed by atoms with van der Waals surface area (Å²) in [5.41, 5.74) is 2.92. The lowest BCUT2D eigenvalue weighted by molar-refractivity contribution is 0.0714. The molecule has 6 heteroatoms. The minimum absolute atomic E-state index is 0.173. The van der Waals surface area contributed by atoms with E-state index in [1.165, 1.54) is 0 Å². The molecule has 158 valence electrons. The van der Waals surface area contributed by atoms with Gasteiger partial charge in [0.15, 0.2) is 5.82 Å². The molecule has 3 aromatic rings. The lowest BCUT2D eigenvalue weighted by atomic mass is 9.98. The van der Waals surface area contributed by atoms with Gasteiger partial charge in [0.1, 0.15) is 11.6 Å². The van der Waals surface area contributed by atoms with E-state index in [1.54, 1.807) is 6.07 Å². The third kappa shape index (κ3) is 4.71. The van der Waals surface area contributed by atoms with E-state index in [4.69, 9.17) is 9.97 Å². The molecule has 0 radical (unpaired) electrons. The molecule has 0 bridgehead atoms. The van der Waals surface area contributed by atoms with Crippen LogP contribution in [0.1, 0.15) is 37.8 Å². The molecule has 2 aromatic carbocycles. The molecule has 2 heterocycles. The third-order valence-corrected chi connectivity index (χ3v) is 5.58. The summed E-state index contributed by atoms with van der Waals surface area (Å²) in [5, 5.41) is 28.4. The van der Waals surface area contributed by atoms with E-state index >= 15 is 0 Å². The lowest BCUT2D eigenvalue weighted by Gasteiger charge is -2.18. The van der Waals surface area contributed by atoms with Gasteiger partial charge < -0.3 is 20.8 Å². The van der Waals surface area contributed by atoms with Gasteiger partial charge in [0.05, 0.1) is 16.7 Å². The second kappa shape index (κ2) is 8.20. The number of aromatic hydroxyl groups is 1. The van der Waals surface area contributed by atoms with Gasteiger partial charge >= 0.3 is 0 Å². The van der Waals surface area contributed by atoms with Crippen LogP contribution in [0.2, 0.25) is 0 Å². The molecule has 0 spiro atoms. The summed E-state index contributed by atoms with van der Waals surface area (Å²) in [7, 11) is 0. The lowest BCUT2D eigenvalue weighted by Crippen LogP contribution is -2.23. The van der Waals surface area contributed by atoms with Crippen LogP contribution in [0.4, 0.5) is 5.82 Å². The maximum Gasteiger partial charge on any atom is 0.165 e. The van der Waals surface area contributed by atoms with Crippen LogP contribution >= 0.6 is 0 Å². The largest absolute Gasteiger partial charge is 0.507 e. The molecular formula is C24H30N4O2.